The van der Waals surface area contributed by atoms with Crippen molar-refractivity contribution in [3.05, 3.63) is 57.1 Å². The smallest absolute Gasteiger partial charge is 0.342 e. The van der Waals surface area contributed by atoms with Crippen LogP contribution in [-0.2, 0) is 11.2 Å². The van der Waals surface area contributed by atoms with E-state index in [1.165, 1.54) is 0 Å². The van der Waals surface area contributed by atoms with Crippen molar-refractivity contribution in [1.82, 2.24) is 9.97 Å². The Morgan fingerprint density at radius 3 is 2.67 bits per heavy atom. The highest BCUT2D eigenvalue weighted by Crippen LogP contribution is 2.19. The van der Waals surface area contributed by atoms with Gasteiger partial charge in [0.2, 0.25) is 0 Å². The Balaban J connectivity index is 2.49. The van der Waals surface area contributed by atoms with Crippen molar-refractivity contribution in [3.63, 3.8) is 0 Å². The molecule has 2 aromatic rings. The molecule has 0 aliphatic carbocycles. The van der Waals surface area contributed by atoms with E-state index >= 15 is 0 Å². The van der Waals surface area contributed by atoms with Crippen LogP contribution in [0.1, 0.15) is 34.0 Å². The van der Waals surface area contributed by atoms with Crippen molar-refractivity contribution in [3.8, 4) is 0 Å². The Morgan fingerprint density at radius 2 is 2.05 bits per heavy atom. The van der Waals surface area contributed by atoms with Crippen LogP contribution in [0.2, 0.25) is 0 Å². The molecule has 0 saturated heterocycles. The Labute approximate surface area is 122 Å². The minimum absolute atomic E-state index is 0.0365. The number of pyridine rings is 2. The second kappa shape index (κ2) is 6.21. The first kappa shape index (κ1) is 14.8. The molecule has 0 aromatic carbocycles. The van der Waals surface area contributed by atoms with E-state index in [1.807, 2.05) is 12.1 Å². The fraction of sp³-hybridized carbons (Fsp3) is 0.267. The molecule has 21 heavy (non-hydrogen) atoms. The Bertz CT molecular complexity index is 708. The van der Waals surface area contributed by atoms with Crippen molar-refractivity contribution in [2.24, 2.45) is 0 Å². The topological polar surface area (TPSA) is 98.1 Å². The lowest BCUT2D eigenvalue weighted by Gasteiger charge is -2.12. The summed E-state index contributed by atoms with van der Waals surface area (Å²) in [5.74, 6) is -0.492. The standard InChI is InChI=1S/C15H17N3O3/c1-3-21-15(20)12-9(2)11(14(19)18-13(12)16)8-10-4-6-17-7-5-10/h4-7H,3,8H2,1-2H3,(H3,16,18,19). The Morgan fingerprint density at radius 1 is 1.38 bits per heavy atom. The summed E-state index contributed by atoms with van der Waals surface area (Å²) >= 11 is 0. The van der Waals surface area contributed by atoms with E-state index in [4.69, 9.17) is 10.5 Å². The van der Waals surface area contributed by atoms with E-state index in [0.717, 1.165) is 5.56 Å². The van der Waals surface area contributed by atoms with Crippen LogP contribution in [0.3, 0.4) is 0 Å². The predicted molar refractivity (Wildman–Crippen MR) is 79.2 cm³/mol. The van der Waals surface area contributed by atoms with Crippen LogP contribution < -0.4 is 11.3 Å². The van der Waals surface area contributed by atoms with E-state index in [9.17, 15) is 9.59 Å². The van der Waals surface area contributed by atoms with E-state index in [-0.39, 0.29) is 23.5 Å². The lowest BCUT2D eigenvalue weighted by molar-refractivity contribution is 0.0526. The maximum atomic E-state index is 12.1. The van der Waals surface area contributed by atoms with Gasteiger partial charge in [-0.3, -0.25) is 9.78 Å². The maximum absolute atomic E-state index is 12.1. The zero-order valence-corrected chi connectivity index (χ0v) is 12.0. The molecule has 0 bridgehead atoms. The van der Waals surface area contributed by atoms with Gasteiger partial charge in [0.1, 0.15) is 11.4 Å². The monoisotopic (exact) mass is 287 g/mol. The molecule has 0 saturated carbocycles. The molecule has 0 fully saturated rings. The first-order valence-corrected chi connectivity index (χ1v) is 6.61. The highest BCUT2D eigenvalue weighted by molar-refractivity contribution is 5.96. The van der Waals surface area contributed by atoms with Crippen LogP contribution in [0.4, 0.5) is 5.82 Å². The van der Waals surface area contributed by atoms with Gasteiger partial charge in [0.15, 0.2) is 0 Å². The summed E-state index contributed by atoms with van der Waals surface area (Å²) in [5, 5.41) is 0. The quantitative estimate of drug-likeness (QED) is 0.829. The van der Waals surface area contributed by atoms with Crippen LogP contribution in [0.15, 0.2) is 29.3 Å². The maximum Gasteiger partial charge on any atom is 0.342 e. The fourth-order valence-electron chi connectivity index (χ4n) is 2.17. The van der Waals surface area contributed by atoms with Crippen LogP contribution in [0.25, 0.3) is 0 Å². The molecular formula is C15H17N3O3. The van der Waals surface area contributed by atoms with Crippen molar-refractivity contribution >= 4 is 11.8 Å². The molecule has 0 atom stereocenters. The van der Waals surface area contributed by atoms with E-state index in [1.54, 1.807) is 26.2 Å². The van der Waals surface area contributed by atoms with Gasteiger partial charge in [-0.25, -0.2) is 4.79 Å². The first-order chi connectivity index (χ1) is 10.0. The summed E-state index contributed by atoms with van der Waals surface area (Å²) < 4.78 is 4.98. The van der Waals surface area contributed by atoms with Gasteiger partial charge >= 0.3 is 5.97 Å². The number of nitrogens with one attached hydrogen (secondary N) is 1. The zero-order valence-electron chi connectivity index (χ0n) is 12.0. The number of hydrogen-bond donors (Lipinski definition) is 2. The molecular weight excluding hydrogens is 270 g/mol. The summed E-state index contributed by atoms with van der Waals surface area (Å²) in [6, 6.07) is 3.64. The minimum Gasteiger partial charge on any atom is -0.462 e. The molecule has 0 aliphatic heterocycles. The van der Waals surface area contributed by atoms with Crippen molar-refractivity contribution in [1.29, 1.82) is 0 Å². The Hall–Kier alpha value is -2.63. The van der Waals surface area contributed by atoms with Crippen molar-refractivity contribution < 1.29 is 9.53 Å². The van der Waals surface area contributed by atoms with Gasteiger partial charge in [0.05, 0.1) is 6.61 Å². The van der Waals surface area contributed by atoms with Gasteiger partial charge in [0, 0.05) is 24.4 Å². The van der Waals surface area contributed by atoms with Gasteiger partial charge in [-0.05, 0) is 37.1 Å². The average molecular weight is 287 g/mol. The first-order valence-electron chi connectivity index (χ1n) is 6.61. The van der Waals surface area contributed by atoms with Crippen LogP contribution in [-0.4, -0.2) is 22.5 Å². The summed E-state index contributed by atoms with van der Waals surface area (Å²) in [4.78, 5) is 30.5. The molecule has 6 heteroatoms. The molecule has 3 N–H and O–H groups in total. The highest BCUT2D eigenvalue weighted by Gasteiger charge is 2.20. The molecule has 0 radical (unpaired) electrons. The van der Waals surface area contributed by atoms with Crippen LogP contribution in [0.5, 0.6) is 0 Å². The fourth-order valence-corrected chi connectivity index (χ4v) is 2.17. The third kappa shape index (κ3) is 3.10. The van der Waals surface area contributed by atoms with E-state index in [0.29, 0.717) is 17.5 Å². The largest absolute Gasteiger partial charge is 0.462 e. The van der Waals surface area contributed by atoms with Gasteiger partial charge in [-0.1, -0.05) is 0 Å². The summed E-state index contributed by atoms with van der Waals surface area (Å²) in [6.07, 6.45) is 3.71. The van der Waals surface area contributed by atoms with Gasteiger partial charge in [0.25, 0.3) is 5.56 Å². The van der Waals surface area contributed by atoms with Crippen LogP contribution >= 0.6 is 0 Å². The zero-order chi connectivity index (χ0) is 15.4. The molecule has 6 nitrogen and oxygen atoms in total. The minimum atomic E-state index is -0.528. The number of nitrogens with zero attached hydrogens (tertiary/aromatic N) is 1. The van der Waals surface area contributed by atoms with E-state index < -0.39 is 5.97 Å². The number of hydrogen-bond acceptors (Lipinski definition) is 5. The predicted octanol–water partition coefficient (Wildman–Crippen LogP) is 1.43. The number of esters is 1. The number of aromatic nitrogens is 2. The molecule has 0 aliphatic rings. The number of ether oxygens (including phenoxy) is 1. The number of nitrogen functional groups attached to an aromatic ring is 1. The average Bonchev–Trinajstić information content (AvgIpc) is 2.44. The molecule has 0 amide bonds. The van der Waals surface area contributed by atoms with Gasteiger partial charge in [-0.15, -0.1) is 0 Å². The van der Waals surface area contributed by atoms with Crippen LogP contribution in [0, 0.1) is 6.92 Å². The van der Waals surface area contributed by atoms with Gasteiger partial charge < -0.3 is 15.5 Å². The third-order valence-electron chi connectivity index (χ3n) is 3.23. The molecule has 2 aromatic heterocycles. The molecule has 0 unspecified atom stereocenters. The number of anilines is 1. The number of carbonyl (C=O) groups excluding carboxylic acids is 1. The molecule has 0 spiro atoms. The normalized spacial score (nSPS) is 10.4. The number of nitrogens with two attached hydrogens (primary N) is 1. The highest BCUT2D eigenvalue weighted by atomic mass is 16.5. The molecule has 2 heterocycles. The lowest BCUT2D eigenvalue weighted by Crippen LogP contribution is -2.22. The van der Waals surface area contributed by atoms with Gasteiger partial charge in [-0.2, -0.15) is 0 Å². The summed E-state index contributed by atoms with van der Waals surface area (Å²) in [7, 11) is 0. The SMILES string of the molecule is CCOC(=O)c1c(N)[nH]c(=O)c(Cc2ccncc2)c1C. The summed E-state index contributed by atoms with van der Waals surface area (Å²) in [6.45, 7) is 3.66. The van der Waals surface area contributed by atoms with Crippen molar-refractivity contribution in [2.45, 2.75) is 20.3 Å². The molecule has 2 rings (SSSR count). The number of rotatable bonds is 4. The second-order valence-electron chi connectivity index (χ2n) is 4.60. The lowest BCUT2D eigenvalue weighted by atomic mass is 9.99. The Kier molecular flexibility index (Phi) is 4.37. The second-order valence-corrected chi connectivity index (χ2v) is 4.60. The third-order valence-corrected chi connectivity index (χ3v) is 3.23. The number of H-pyrrole nitrogens is 1. The van der Waals surface area contributed by atoms with Crippen molar-refractivity contribution in [2.75, 3.05) is 12.3 Å². The number of carbonyl (C=O) groups is 1. The molecule has 110 valence electrons. The number of aromatic amines is 1. The summed E-state index contributed by atoms with van der Waals surface area (Å²) in [5.41, 5.74) is 7.65. The van der Waals surface area contributed by atoms with E-state index in [2.05, 4.69) is 9.97 Å².